The lowest BCUT2D eigenvalue weighted by Crippen LogP contribution is -2.35. The zero-order chi connectivity index (χ0) is 26.2. The average molecular weight is 497 g/mol. The Morgan fingerprint density at radius 1 is 1.03 bits per heavy atom. The molecule has 3 rings (SSSR count). The molecule has 1 saturated heterocycles. The third-order valence-corrected chi connectivity index (χ3v) is 6.03. The first kappa shape index (κ1) is 27.1. The highest BCUT2D eigenvalue weighted by Crippen LogP contribution is 2.42. The number of carbonyl (C=O) groups is 2. The number of amides is 1. The Kier molecular flexibility index (Phi) is 9.36. The number of Topliss-reactive ketones (excluding diaryl/α,β-unsaturated/α-hetero) is 1. The van der Waals surface area contributed by atoms with E-state index in [0.717, 1.165) is 12.8 Å². The number of ether oxygens (including phenoxy) is 3. The second-order valence-corrected chi connectivity index (χ2v) is 8.87. The third kappa shape index (κ3) is 5.99. The molecule has 1 N–H and O–H groups in total. The molecule has 36 heavy (non-hydrogen) atoms. The fourth-order valence-corrected chi connectivity index (χ4v) is 4.09. The summed E-state index contributed by atoms with van der Waals surface area (Å²) in [4.78, 5) is 29.8. The summed E-state index contributed by atoms with van der Waals surface area (Å²) >= 11 is 0. The number of aliphatic hydroxyl groups excluding tert-OH is 1. The number of hydrogen-bond donors (Lipinski definition) is 1. The molecule has 0 saturated carbocycles. The number of likely N-dealkylation sites (N-methyl/N-ethyl adjacent to an activating group) is 1. The Hall–Kier alpha value is -3.52. The van der Waals surface area contributed by atoms with E-state index in [4.69, 9.17) is 14.2 Å². The summed E-state index contributed by atoms with van der Waals surface area (Å²) < 4.78 is 16.8. The number of carbonyl (C=O) groups excluding carboxylic acids is 2. The van der Waals surface area contributed by atoms with Crippen molar-refractivity contribution in [1.82, 2.24) is 9.80 Å². The molecule has 0 aromatic heterocycles. The van der Waals surface area contributed by atoms with Crippen LogP contribution in [0.4, 0.5) is 0 Å². The van der Waals surface area contributed by atoms with Gasteiger partial charge in [0.25, 0.3) is 11.7 Å². The maximum Gasteiger partial charge on any atom is 0.295 e. The van der Waals surface area contributed by atoms with Crippen molar-refractivity contribution in [1.29, 1.82) is 0 Å². The Morgan fingerprint density at radius 3 is 2.36 bits per heavy atom. The first-order valence-electron chi connectivity index (χ1n) is 12.3. The van der Waals surface area contributed by atoms with E-state index >= 15 is 0 Å². The highest BCUT2D eigenvalue weighted by atomic mass is 16.5. The fraction of sp³-hybridized carbons (Fsp3) is 0.429. The largest absolute Gasteiger partial charge is 0.507 e. The predicted octanol–water partition coefficient (Wildman–Crippen LogP) is 4.26. The van der Waals surface area contributed by atoms with E-state index in [1.807, 2.05) is 25.9 Å². The van der Waals surface area contributed by atoms with Crippen molar-refractivity contribution in [3.8, 4) is 17.2 Å². The maximum absolute atomic E-state index is 13.2. The molecule has 1 aliphatic heterocycles. The molecule has 2 aromatic rings. The van der Waals surface area contributed by atoms with Crippen LogP contribution in [-0.2, 0) is 9.59 Å². The molecule has 194 valence electrons. The van der Waals surface area contributed by atoms with Crippen molar-refractivity contribution >= 4 is 17.4 Å². The van der Waals surface area contributed by atoms with Gasteiger partial charge in [-0.1, -0.05) is 19.4 Å². The molecule has 1 aliphatic rings. The fourth-order valence-electron chi connectivity index (χ4n) is 4.09. The Labute approximate surface area is 213 Å². The monoisotopic (exact) mass is 496 g/mol. The Bertz CT molecular complexity index is 1090. The number of methoxy groups -OCH3 is 1. The van der Waals surface area contributed by atoms with Gasteiger partial charge in [0.15, 0.2) is 11.5 Å². The quantitative estimate of drug-likeness (QED) is 0.203. The van der Waals surface area contributed by atoms with Crippen LogP contribution in [0.15, 0.2) is 48.0 Å². The minimum absolute atomic E-state index is 0.0459. The molecular formula is C28H36N2O6. The van der Waals surface area contributed by atoms with Gasteiger partial charge in [0.2, 0.25) is 0 Å². The Morgan fingerprint density at radius 2 is 1.75 bits per heavy atom. The molecule has 0 bridgehead atoms. The van der Waals surface area contributed by atoms with Crippen LogP contribution in [0, 0.1) is 0 Å². The molecule has 2 aromatic carbocycles. The minimum atomic E-state index is -0.769. The summed E-state index contributed by atoms with van der Waals surface area (Å²) in [6, 6.07) is 11.4. The van der Waals surface area contributed by atoms with Crippen molar-refractivity contribution in [3.63, 3.8) is 0 Å². The topological polar surface area (TPSA) is 88.5 Å². The molecule has 1 atom stereocenters. The molecule has 1 amide bonds. The second kappa shape index (κ2) is 12.4. The number of nitrogens with zero attached hydrogens (tertiary/aromatic N) is 2. The summed E-state index contributed by atoms with van der Waals surface area (Å²) in [5.74, 6) is 0.148. The normalized spacial score (nSPS) is 17.1. The molecule has 1 heterocycles. The van der Waals surface area contributed by atoms with Crippen LogP contribution in [0.1, 0.15) is 43.9 Å². The van der Waals surface area contributed by atoms with E-state index in [1.54, 1.807) is 42.5 Å². The van der Waals surface area contributed by atoms with Gasteiger partial charge in [-0.25, -0.2) is 0 Å². The average Bonchev–Trinajstić information content (AvgIpc) is 3.13. The van der Waals surface area contributed by atoms with Crippen LogP contribution >= 0.6 is 0 Å². The van der Waals surface area contributed by atoms with Crippen LogP contribution in [0.2, 0.25) is 0 Å². The SMILES string of the molecule is CCCCOc1ccc(/C(O)=C2\C(=O)C(=O)N(CCN(C)C)C2c2ccc(OCC)c(OC)c2)cc1. The van der Waals surface area contributed by atoms with E-state index in [1.165, 1.54) is 12.0 Å². The lowest BCUT2D eigenvalue weighted by Gasteiger charge is -2.27. The van der Waals surface area contributed by atoms with Gasteiger partial charge in [-0.3, -0.25) is 9.59 Å². The van der Waals surface area contributed by atoms with E-state index in [-0.39, 0.29) is 11.3 Å². The van der Waals surface area contributed by atoms with Crippen LogP contribution in [0.5, 0.6) is 17.2 Å². The number of aliphatic hydroxyl groups is 1. The van der Waals surface area contributed by atoms with Crippen molar-refractivity contribution in [2.24, 2.45) is 0 Å². The second-order valence-electron chi connectivity index (χ2n) is 8.87. The summed E-state index contributed by atoms with van der Waals surface area (Å²) in [5, 5.41) is 11.3. The molecule has 1 fully saturated rings. The van der Waals surface area contributed by atoms with Crippen molar-refractivity contribution in [3.05, 3.63) is 59.2 Å². The van der Waals surface area contributed by atoms with E-state index in [0.29, 0.717) is 54.7 Å². The van der Waals surface area contributed by atoms with Crippen molar-refractivity contribution in [2.45, 2.75) is 32.7 Å². The minimum Gasteiger partial charge on any atom is -0.507 e. The first-order valence-corrected chi connectivity index (χ1v) is 12.3. The van der Waals surface area contributed by atoms with Crippen LogP contribution in [-0.4, -0.2) is 74.1 Å². The maximum atomic E-state index is 13.2. The zero-order valence-corrected chi connectivity index (χ0v) is 21.7. The van der Waals surface area contributed by atoms with Crippen LogP contribution < -0.4 is 14.2 Å². The van der Waals surface area contributed by atoms with Gasteiger partial charge < -0.3 is 29.1 Å². The number of likely N-dealkylation sites (tertiary alicyclic amines) is 1. The lowest BCUT2D eigenvalue weighted by molar-refractivity contribution is -0.140. The highest BCUT2D eigenvalue weighted by molar-refractivity contribution is 6.46. The highest BCUT2D eigenvalue weighted by Gasteiger charge is 2.46. The lowest BCUT2D eigenvalue weighted by atomic mass is 9.95. The van der Waals surface area contributed by atoms with E-state index in [2.05, 4.69) is 6.92 Å². The molecule has 1 unspecified atom stereocenters. The van der Waals surface area contributed by atoms with Gasteiger partial charge in [0.05, 0.1) is 31.9 Å². The molecule has 0 aliphatic carbocycles. The molecule has 8 nitrogen and oxygen atoms in total. The summed E-state index contributed by atoms with van der Waals surface area (Å²) in [5.41, 5.74) is 1.13. The van der Waals surface area contributed by atoms with Gasteiger partial charge in [0.1, 0.15) is 11.5 Å². The summed E-state index contributed by atoms with van der Waals surface area (Å²) in [6.07, 6.45) is 1.98. The van der Waals surface area contributed by atoms with Gasteiger partial charge in [-0.15, -0.1) is 0 Å². The number of hydrogen-bond acceptors (Lipinski definition) is 7. The van der Waals surface area contributed by atoms with Gasteiger partial charge in [0, 0.05) is 18.7 Å². The number of ketones is 1. The van der Waals surface area contributed by atoms with Crippen LogP contribution in [0.25, 0.3) is 5.76 Å². The first-order chi connectivity index (χ1) is 17.3. The van der Waals surface area contributed by atoms with Gasteiger partial charge in [-0.05, 0) is 69.4 Å². The third-order valence-electron chi connectivity index (χ3n) is 6.03. The summed E-state index contributed by atoms with van der Waals surface area (Å²) in [7, 11) is 5.33. The van der Waals surface area contributed by atoms with Crippen molar-refractivity contribution < 1.29 is 28.9 Å². The van der Waals surface area contributed by atoms with Crippen LogP contribution in [0.3, 0.4) is 0 Å². The smallest absolute Gasteiger partial charge is 0.295 e. The van der Waals surface area contributed by atoms with Gasteiger partial charge >= 0.3 is 0 Å². The predicted molar refractivity (Wildman–Crippen MR) is 139 cm³/mol. The zero-order valence-electron chi connectivity index (χ0n) is 21.7. The number of benzene rings is 2. The number of rotatable bonds is 12. The van der Waals surface area contributed by atoms with E-state index in [9.17, 15) is 14.7 Å². The molecule has 0 radical (unpaired) electrons. The molecule has 8 heteroatoms. The molecular weight excluding hydrogens is 460 g/mol. The summed E-state index contributed by atoms with van der Waals surface area (Å²) in [6.45, 7) is 5.92. The Balaban J connectivity index is 2.06. The van der Waals surface area contributed by atoms with Gasteiger partial charge in [-0.2, -0.15) is 0 Å². The number of unbranched alkanes of at least 4 members (excludes halogenated alkanes) is 1. The van der Waals surface area contributed by atoms with Crippen molar-refractivity contribution in [2.75, 3.05) is 47.5 Å². The standard InChI is InChI=1S/C28H36N2O6/c1-6-8-17-36-21-12-9-19(10-13-21)26(31)24-25(30(16-15-29(3)4)28(33)27(24)32)20-11-14-22(35-7-2)23(18-20)34-5/h9-14,18,25,31H,6-8,15-17H2,1-5H3/b26-24+. The molecule has 0 spiro atoms. The van der Waals surface area contributed by atoms with E-state index < -0.39 is 17.7 Å².